The molecule has 27 rings (SSSR count). The van der Waals surface area contributed by atoms with Crippen molar-refractivity contribution in [3.63, 3.8) is 0 Å². The summed E-state index contributed by atoms with van der Waals surface area (Å²) in [4.78, 5) is 0. The fourth-order valence-corrected chi connectivity index (χ4v) is 33.9. The molecule has 0 radical (unpaired) electrons. The first-order chi connectivity index (χ1) is 70.5. The van der Waals surface area contributed by atoms with Gasteiger partial charge >= 0.3 is 44.2 Å². The van der Waals surface area contributed by atoms with Crippen molar-refractivity contribution in [1.29, 1.82) is 0 Å². The van der Waals surface area contributed by atoms with Gasteiger partial charge in [0.05, 0.1) is 75.0 Å². The summed E-state index contributed by atoms with van der Waals surface area (Å²) in [5, 5.41) is 12.0. The number of rotatable bonds is 9. The van der Waals surface area contributed by atoms with E-state index >= 15 is 0 Å². The van der Waals surface area contributed by atoms with Gasteiger partial charge in [0.2, 0.25) is 0 Å². The largest absolute Gasteiger partial charge is 0.436 e. The molecule has 0 aliphatic carbocycles. The highest BCUT2D eigenvalue weighted by molar-refractivity contribution is 7.77. The van der Waals surface area contributed by atoms with E-state index in [9.17, 15) is 27.4 Å². The van der Waals surface area contributed by atoms with E-state index in [4.69, 9.17) is 27.1 Å². The highest BCUT2D eigenvalue weighted by Gasteiger charge is 2.45. The normalized spacial score (nSPS) is 18.6. The number of aromatic nitrogens is 1. The second kappa shape index (κ2) is 35.6. The lowest BCUT2D eigenvalue weighted by molar-refractivity contribution is 0.500. The molecule has 0 amide bonds. The molecule has 21 aromatic rings. The van der Waals surface area contributed by atoms with E-state index in [0.717, 1.165) is 128 Å². The SMILES string of the molecule is Cc1ccc(-n2c(-c3ccc(P4(=O)Oc5ccccc5-c5ccccc54)cc3)ccc2-c2ccc(P3(=O)Oc4ccccc4-c4ccccc43)cc2)cc1.O=P1(c2ccc(C#CC#Cc3ccc(P4(=O)Oc5ccccc5-c5ccccc54)cc3)cc2)Oc2ccccc2-c2ccccc21.O=P1(c2ccc3c(ccc4cc(P5(=O)Oc6ccccc6-c6ccccc65)ccc43)c2)Oc2ccccc2-c2ccccc21. The second-order valence-electron chi connectivity index (χ2n) is 35.8. The molecule has 6 aliphatic heterocycles. The first-order valence-electron chi connectivity index (χ1n) is 47.1. The molecule has 0 saturated carbocycles. The fourth-order valence-electron chi connectivity index (χ4n) is 20.3. The smallest absolute Gasteiger partial charge is 0.307 e. The number of nitrogens with zero attached hydrogens (tertiary/aromatic N) is 1. The average Bonchev–Trinajstić information content (AvgIpc) is 0.961. The summed E-state index contributed by atoms with van der Waals surface area (Å²) in [5.41, 5.74) is 18.8. The molecule has 6 atom stereocenters. The Labute approximate surface area is 832 Å². The molecule has 0 fully saturated rings. The summed E-state index contributed by atoms with van der Waals surface area (Å²) in [6, 6.07) is 152. The third-order valence-electron chi connectivity index (χ3n) is 27.3. The van der Waals surface area contributed by atoms with Crippen LogP contribution < -0.4 is 90.8 Å². The lowest BCUT2D eigenvalue weighted by Gasteiger charge is -2.29. The average molecular weight is 1970 g/mol. The zero-order valence-electron chi connectivity index (χ0n) is 77.1. The monoisotopic (exact) mass is 1970 g/mol. The molecule has 7 heterocycles. The number of aryl methyl sites for hydroxylation is 1. The standard InChI is InChI=1S/C47H33NO4P2.C40H24O4P2.C38H24O4P2/c1-32-18-24-35(25-19-32)48-42(33-20-26-36(27-21-33)53(49)46-16-8-4-12-40(46)38-10-2-6-14-44(38)51-53)30-31-43(48)34-22-28-37(29-23-34)54(50)47-17-9-5-13-41(47)39-11-3-7-15-45(39)52-54;41-45(39-19-9-5-15-35(39)33-13-3-7-17-37(33)43-45)31-25-21-29(22-26-31)11-1-2-12-30-23-27-32(28-24-30)46(42)40-20-10-6-16-36(40)34-14-4-8-18-38(34)44-46;39-43(37-15-7-3-11-33(37)31-9-1-5-13-35(31)41-43)27-19-21-29-25(23-27)17-18-26-24-28(20-22-30(26)29)44(40)38-16-8-4-12-34(38)32-10-2-6-14-36(32)42-44/h2-31H,1H3;3-10,13-28H;1-24H. The zero-order chi connectivity index (χ0) is 97.1. The van der Waals surface area contributed by atoms with Crippen molar-refractivity contribution >= 4 is 129 Å². The predicted octanol–water partition coefficient (Wildman–Crippen LogP) is 26.9. The van der Waals surface area contributed by atoms with Crippen LogP contribution in [0.3, 0.4) is 0 Å². The number of benzene rings is 20. The molecular formula is C125H81NO12P6. The number of para-hydroxylation sites is 6. The fraction of sp³-hybridized carbons (Fsp3) is 0.00800. The van der Waals surface area contributed by atoms with Crippen molar-refractivity contribution in [3.8, 4) is 153 Å². The minimum absolute atomic E-state index is 0.609. The summed E-state index contributed by atoms with van der Waals surface area (Å²) >= 11 is 0. The molecule has 13 nitrogen and oxygen atoms in total. The van der Waals surface area contributed by atoms with Gasteiger partial charge in [0, 0.05) is 50.2 Å². The van der Waals surface area contributed by atoms with Gasteiger partial charge in [-0.2, -0.15) is 0 Å². The molecule has 688 valence electrons. The summed E-state index contributed by atoms with van der Waals surface area (Å²) < 4.78 is 128. The van der Waals surface area contributed by atoms with Crippen molar-refractivity contribution in [2.75, 3.05) is 0 Å². The Morgan fingerprint density at radius 2 is 0.417 bits per heavy atom. The Bertz CT molecular complexity index is 8850. The van der Waals surface area contributed by atoms with Crippen LogP contribution in [-0.2, 0) is 27.4 Å². The van der Waals surface area contributed by atoms with Gasteiger partial charge < -0.3 is 31.7 Å². The van der Waals surface area contributed by atoms with Crippen LogP contribution in [0.25, 0.3) is 117 Å². The van der Waals surface area contributed by atoms with E-state index in [1.807, 2.05) is 437 Å². The summed E-state index contributed by atoms with van der Waals surface area (Å²) in [6.45, 7) is 2.08. The van der Waals surface area contributed by atoms with Crippen LogP contribution in [0.4, 0.5) is 0 Å². The minimum atomic E-state index is -3.42. The number of hydrogen-bond acceptors (Lipinski definition) is 12. The van der Waals surface area contributed by atoms with Gasteiger partial charge in [-0.05, 0) is 279 Å². The van der Waals surface area contributed by atoms with E-state index in [1.54, 1.807) is 0 Å². The lowest BCUT2D eigenvalue weighted by Crippen LogP contribution is -2.25. The van der Waals surface area contributed by atoms with Crippen LogP contribution in [0.15, 0.2) is 473 Å². The molecule has 0 bridgehead atoms. The Hall–Kier alpha value is -16.5. The van der Waals surface area contributed by atoms with E-state index in [2.05, 4.69) is 71.6 Å². The molecule has 20 aromatic carbocycles. The van der Waals surface area contributed by atoms with Gasteiger partial charge in [-0.1, -0.05) is 296 Å². The third-order valence-corrected chi connectivity index (χ3v) is 42.0. The lowest BCUT2D eigenvalue weighted by atomic mass is 10.0. The number of fused-ring (bicyclic) bond motifs is 21. The second-order valence-corrected chi connectivity index (χ2v) is 49.5. The maximum absolute atomic E-state index is 14.8. The van der Waals surface area contributed by atoms with E-state index in [1.165, 1.54) is 5.56 Å². The van der Waals surface area contributed by atoms with Crippen molar-refractivity contribution < 1.29 is 54.5 Å². The molecule has 144 heavy (non-hydrogen) atoms. The Morgan fingerprint density at radius 1 is 0.201 bits per heavy atom. The van der Waals surface area contributed by atoms with Crippen molar-refractivity contribution in [2.45, 2.75) is 6.92 Å². The summed E-state index contributed by atoms with van der Waals surface area (Å²) in [5.74, 6) is 15.7. The molecule has 6 unspecified atom stereocenters. The quantitative estimate of drug-likeness (QED) is 0.0765. The van der Waals surface area contributed by atoms with Crippen molar-refractivity contribution in [2.24, 2.45) is 0 Å². The maximum atomic E-state index is 14.8. The van der Waals surface area contributed by atoms with E-state index in [0.29, 0.717) is 98.2 Å². The molecular weight excluding hydrogens is 1890 g/mol. The maximum Gasteiger partial charge on any atom is 0.307 e. The Balaban J connectivity index is 0.000000114. The molecule has 0 spiro atoms. The van der Waals surface area contributed by atoms with Crippen LogP contribution >= 0.6 is 44.2 Å². The topological polar surface area (TPSA) is 163 Å². The van der Waals surface area contributed by atoms with Crippen molar-refractivity contribution in [3.05, 3.63) is 490 Å². The number of hydrogen-bond donors (Lipinski definition) is 0. The van der Waals surface area contributed by atoms with Crippen molar-refractivity contribution in [1.82, 2.24) is 4.57 Å². The molecule has 0 saturated heterocycles. The predicted molar refractivity (Wildman–Crippen MR) is 586 cm³/mol. The first kappa shape index (κ1) is 88.9. The van der Waals surface area contributed by atoms with Gasteiger partial charge in [0.1, 0.15) is 34.5 Å². The zero-order valence-corrected chi connectivity index (χ0v) is 82.4. The Kier molecular flexibility index (Phi) is 22.0. The first-order valence-corrected chi connectivity index (χ1v) is 56.9. The van der Waals surface area contributed by atoms with Crippen LogP contribution in [0.2, 0.25) is 0 Å². The van der Waals surface area contributed by atoms with E-state index < -0.39 is 44.2 Å². The Morgan fingerprint density at radius 3 is 0.674 bits per heavy atom. The molecule has 1 aromatic heterocycles. The summed E-state index contributed by atoms with van der Waals surface area (Å²) in [7, 11) is -20.3. The van der Waals surface area contributed by atoms with Gasteiger partial charge in [-0.3, -0.25) is 27.4 Å². The highest BCUT2D eigenvalue weighted by Crippen LogP contribution is 2.61. The third kappa shape index (κ3) is 15.1. The van der Waals surface area contributed by atoms with Gasteiger partial charge in [0.15, 0.2) is 0 Å². The van der Waals surface area contributed by atoms with Gasteiger partial charge in [-0.15, -0.1) is 0 Å². The molecule has 0 N–H and O–H groups in total. The van der Waals surface area contributed by atoms with Crippen LogP contribution in [0, 0.1) is 30.6 Å². The van der Waals surface area contributed by atoms with Crippen LogP contribution in [0.1, 0.15) is 16.7 Å². The minimum Gasteiger partial charge on any atom is -0.436 e. The molecule has 6 aliphatic rings. The highest BCUT2D eigenvalue weighted by atomic mass is 31.2. The summed E-state index contributed by atoms with van der Waals surface area (Å²) in [6.07, 6.45) is 0. The van der Waals surface area contributed by atoms with Gasteiger partial charge in [-0.25, -0.2) is 0 Å². The van der Waals surface area contributed by atoms with Gasteiger partial charge in [0.25, 0.3) is 0 Å². The molecule has 19 heteroatoms. The van der Waals surface area contributed by atoms with Crippen LogP contribution in [0.5, 0.6) is 34.5 Å². The van der Waals surface area contributed by atoms with Crippen LogP contribution in [-0.4, -0.2) is 4.57 Å². The van der Waals surface area contributed by atoms with E-state index in [-0.39, 0.29) is 0 Å².